The number of anilines is 2. The van der Waals surface area contributed by atoms with Crippen molar-refractivity contribution in [1.82, 2.24) is 14.9 Å². The van der Waals surface area contributed by atoms with Crippen molar-refractivity contribution in [3.63, 3.8) is 0 Å². The molecule has 6 nitrogen and oxygen atoms in total. The fourth-order valence-electron chi connectivity index (χ4n) is 3.81. The predicted molar refractivity (Wildman–Crippen MR) is 114 cm³/mol. The molecule has 2 aliphatic heterocycles. The summed E-state index contributed by atoms with van der Waals surface area (Å²) in [7, 11) is 2.12. The molecule has 28 heavy (non-hydrogen) atoms. The standard InChI is InChI=1S/C20H25Cl2N5O/c1-25(19-4-6-23-20(24-19)27-8-10-28-11-9-27)16-5-7-26(14-16)13-15-2-3-17(21)18(22)12-15/h2-4,6,12,16H,5,7-11,13-14H2,1H3. The summed E-state index contributed by atoms with van der Waals surface area (Å²) in [5, 5.41) is 1.22. The molecule has 8 heteroatoms. The van der Waals surface area contributed by atoms with E-state index >= 15 is 0 Å². The number of rotatable bonds is 5. The molecule has 3 heterocycles. The monoisotopic (exact) mass is 421 g/mol. The van der Waals surface area contributed by atoms with E-state index in [0.717, 1.165) is 64.1 Å². The fraction of sp³-hybridized carbons (Fsp3) is 0.500. The molecule has 2 saturated heterocycles. The van der Waals surface area contributed by atoms with Crippen LogP contribution in [0.3, 0.4) is 0 Å². The van der Waals surface area contributed by atoms with Gasteiger partial charge in [0.25, 0.3) is 0 Å². The van der Waals surface area contributed by atoms with Gasteiger partial charge in [0, 0.05) is 52.0 Å². The summed E-state index contributed by atoms with van der Waals surface area (Å²) in [6.45, 7) is 6.07. The molecule has 0 bridgehead atoms. The van der Waals surface area contributed by atoms with Crippen LogP contribution in [0.2, 0.25) is 10.0 Å². The first kappa shape index (κ1) is 19.7. The number of halogens is 2. The highest BCUT2D eigenvalue weighted by Gasteiger charge is 2.27. The number of nitrogens with zero attached hydrogens (tertiary/aromatic N) is 5. The molecule has 150 valence electrons. The Kier molecular flexibility index (Phi) is 6.21. The minimum absolute atomic E-state index is 0.426. The Labute approximate surface area is 176 Å². The average Bonchev–Trinajstić information content (AvgIpc) is 3.19. The number of aromatic nitrogens is 2. The molecular formula is C20H25Cl2N5O. The summed E-state index contributed by atoms with van der Waals surface area (Å²) in [5.74, 6) is 1.76. The maximum absolute atomic E-state index is 6.15. The maximum Gasteiger partial charge on any atom is 0.227 e. The van der Waals surface area contributed by atoms with Crippen LogP contribution in [0.25, 0.3) is 0 Å². The van der Waals surface area contributed by atoms with Gasteiger partial charge in [-0.15, -0.1) is 0 Å². The van der Waals surface area contributed by atoms with Gasteiger partial charge in [-0.2, -0.15) is 4.98 Å². The lowest BCUT2D eigenvalue weighted by atomic mass is 10.2. The summed E-state index contributed by atoms with van der Waals surface area (Å²) in [5.41, 5.74) is 1.19. The molecule has 1 unspecified atom stereocenters. The molecule has 0 saturated carbocycles. The van der Waals surface area contributed by atoms with E-state index in [1.165, 1.54) is 5.56 Å². The lowest BCUT2D eigenvalue weighted by molar-refractivity contribution is 0.122. The number of benzene rings is 1. The lowest BCUT2D eigenvalue weighted by Crippen LogP contribution is -2.38. The first-order chi connectivity index (χ1) is 13.6. The second-order valence-corrected chi connectivity index (χ2v) is 8.17. The highest BCUT2D eigenvalue weighted by Crippen LogP contribution is 2.26. The third kappa shape index (κ3) is 4.51. The van der Waals surface area contributed by atoms with Gasteiger partial charge >= 0.3 is 0 Å². The molecular weight excluding hydrogens is 397 g/mol. The Morgan fingerprint density at radius 3 is 2.75 bits per heavy atom. The summed E-state index contributed by atoms with van der Waals surface area (Å²) in [6, 6.07) is 8.29. The highest BCUT2D eigenvalue weighted by atomic mass is 35.5. The van der Waals surface area contributed by atoms with Crippen LogP contribution < -0.4 is 9.80 Å². The highest BCUT2D eigenvalue weighted by molar-refractivity contribution is 6.42. The van der Waals surface area contributed by atoms with Gasteiger partial charge in [-0.1, -0.05) is 29.3 Å². The minimum Gasteiger partial charge on any atom is -0.378 e. The van der Waals surface area contributed by atoms with Crippen LogP contribution in [0, 0.1) is 0 Å². The molecule has 4 rings (SSSR count). The smallest absolute Gasteiger partial charge is 0.227 e. The summed E-state index contributed by atoms with van der Waals surface area (Å²) in [6.07, 6.45) is 2.96. The average molecular weight is 422 g/mol. The molecule has 1 atom stereocenters. The van der Waals surface area contributed by atoms with E-state index < -0.39 is 0 Å². The number of morpholine rings is 1. The molecule has 0 aliphatic carbocycles. The molecule has 2 aromatic rings. The number of hydrogen-bond acceptors (Lipinski definition) is 6. The predicted octanol–water partition coefficient (Wildman–Crippen LogP) is 3.33. The van der Waals surface area contributed by atoms with Gasteiger partial charge in [0.1, 0.15) is 5.82 Å². The van der Waals surface area contributed by atoms with Gasteiger partial charge in [0.05, 0.1) is 23.3 Å². The summed E-state index contributed by atoms with van der Waals surface area (Å²) >= 11 is 12.2. The maximum atomic E-state index is 6.15. The quantitative estimate of drug-likeness (QED) is 0.737. The van der Waals surface area contributed by atoms with Gasteiger partial charge in [-0.3, -0.25) is 4.90 Å². The molecule has 1 aromatic carbocycles. The molecule has 0 spiro atoms. The molecule has 0 radical (unpaired) electrons. The van der Waals surface area contributed by atoms with E-state index in [1.54, 1.807) is 0 Å². The normalized spacial score (nSPS) is 20.5. The van der Waals surface area contributed by atoms with E-state index in [4.69, 9.17) is 32.9 Å². The third-order valence-corrected chi connectivity index (χ3v) is 6.21. The Balaban J connectivity index is 1.39. The Morgan fingerprint density at radius 2 is 1.96 bits per heavy atom. The lowest BCUT2D eigenvalue weighted by Gasteiger charge is -2.29. The number of ether oxygens (including phenoxy) is 1. The molecule has 0 amide bonds. The number of hydrogen-bond donors (Lipinski definition) is 0. The molecule has 2 aliphatic rings. The minimum atomic E-state index is 0.426. The zero-order chi connectivity index (χ0) is 19.5. The van der Waals surface area contributed by atoms with Crippen molar-refractivity contribution in [3.05, 3.63) is 46.1 Å². The van der Waals surface area contributed by atoms with Crippen molar-refractivity contribution in [2.45, 2.75) is 19.0 Å². The zero-order valence-corrected chi connectivity index (χ0v) is 17.5. The second kappa shape index (κ2) is 8.82. The molecule has 1 aromatic heterocycles. The zero-order valence-electron chi connectivity index (χ0n) is 16.0. The van der Waals surface area contributed by atoms with Crippen LogP contribution in [-0.2, 0) is 11.3 Å². The van der Waals surface area contributed by atoms with E-state index in [-0.39, 0.29) is 0 Å². The SMILES string of the molecule is CN(c1ccnc(N2CCOCC2)n1)C1CCN(Cc2ccc(Cl)c(Cl)c2)C1. The van der Waals surface area contributed by atoms with E-state index in [1.807, 2.05) is 30.5 Å². The summed E-state index contributed by atoms with van der Waals surface area (Å²) in [4.78, 5) is 16.2. The fourth-order valence-corrected chi connectivity index (χ4v) is 4.13. The van der Waals surface area contributed by atoms with E-state index in [2.05, 4.69) is 26.7 Å². The van der Waals surface area contributed by atoms with E-state index in [0.29, 0.717) is 16.1 Å². The largest absolute Gasteiger partial charge is 0.378 e. The van der Waals surface area contributed by atoms with Gasteiger partial charge in [0.2, 0.25) is 5.95 Å². The van der Waals surface area contributed by atoms with Crippen molar-refractivity contribution in [2.75, 3.05) is 56.2 Å². The van der Waals surface area contributed by atoms with Crippen molar-refractivity contribution >= 4 is 35.0 Å². The van der Waals surface area contributed by atoms with Gasteiger partial charge < -0.3 is 14.5 Å². The number of likely N-dealkylation sites (N-methyl/N-ethyl adjacent to an activating group) is 1. The Hall–Kier alpha value is -1.60. The van der Waals surface area contributed by atoms with Crippen molar-refractivity contribution in [1.29, 1.82) is 0 Å². The van der Waals surface area contributed by atoms with Gasteiger partial charge in [0.15, 0.2) is 0 Å². The van der Waals surface area contributed by atoms with Gasteiger partial charge in [-0.05, 0) is 30.2 Å². The molecule has 0 N–H and O–H groups in total. The van der Waals surface area contributed by atoms with Crippen LogP contribution >= 0.6 is 23.2 Å². The van der Waals surface area contributed by atoms with Gasteiger partial charge in [-0.25, -0.2) is 4.98 Å². The van der Waals surface area contributed by atoms with Crippen LogP contribution in [0.1, 0.15) is 12.0 Å². The van der Waals surface area contributed by atoms with Crippen LogP contribution in [0.4, 0.5) is 11.8 Å². The summed E-state index contributed by atoms with van der Waals surface area (Å²) < 4.78 is 5.43. The third-order valence-electron chi connectivity index (χ3n) is 5.47. The van der Waals surface area contributed by atoms with Crippen molar-refractivity contribution in [3.8, 4) is 0 Å². The van der Waals surface area contributed by atoms with Crippen LogP contribution in [0.5, 0.6) is 0 Å². The topological polar surface area (TPSA) is 44.7 Å². The Bertz CT molecular complexity index is 815. The first-order valence-electron chi connectivity index (χ1n) is 9.65. The van der Waals surface area contributed by atoms with Crippen LogP contribution in [0.15, 0.2) is 30.5 Å². The van der Waals surface area contributed by atoms with Crippen molar-refractivity contribution in [2.24, 2.45) is 0 Å². The van der Waals surface area contributed by atoms with Crippen molar-refractivity contribution < 1.29 is 4.74 Å². The number of likely N-dealkylation sites (tertiary alicyclic amines) is 1. The van der Waals surface area contributed by atoms with E-state index in [9.17, 15) is 0 Å². The molecule has 2 fully saturated rings. The Morgan fingerprint density at radius 1 is 1.14 bits per heavy atom. The van der Waals surface area contributed by atoms with Crippen LogP contribution in [-0.4, -0.2) is 67.4 Å². The second-order valence-electron chi connectivity index (χ2n) is 7.35. The first-order valence-corrected chi connectivity index (χ1v) is 10.4.